The number of pyridine rings is 1. The van der Waals surface area contributed by atoms with E-state index in [1.54, 1.807) is 13.3 Å². The number of rotatable bonds is 5. The molecule has 5 nitrogen and oxygen atoms in total. The van der Waals surface area contributed by atoms with Crippen LogP contribution in [0.3, 0.4) is 0 Å². The molecule has 1 N–H and O–H groups in total. The van der Waals surface area contributed by atoms with Crippen LogP contribution in [0.5, 0.6) is 5.75 Å². The van der Waals surface area contributed by atoms with E-state index in [0.717, 1.165) is 30.6 Å². The molecule has 0 radical (unpaired) electrons. The van der Waals surface area contributed by atoms with E-state index in [2.05, 4.69) is 10.3 Å². The van der Waals surface area contributed by atoms with Gasteiger partial charge in [-0.1, -0.05) is 6.07 Å². The minimum absolute atomic E-state index is 0.116. The third-order valence-electron chi connectivity index (χ3n) is 4.39. The molecule has 1 heterocycles. The number of nitrogens with one attached hydrogen (secondary N) is 1. The summed E-state index contributed by atoms with van der Waals surface area (Å²) in [6.45, 7) is 0.431. The molecule has 1 aromatic heterocycles. The summed E-state index contributed by atoms with van der Waals surface area (Å²) in [6.07, 6.45) is 5.00. The maximum atomic E-state index is 12.7. The van der Waals surface area contributed by atoms with E-state index < -0.39 is 0 Å². The molecule has 0 unspecified atom stereocenters. The van der Waals surface area contributed by atoms with Crippen molar-refractivity contribution in [3.05, 3.63) is 52.7 Å². The van der Waals surface area contributed by atoms with Gasteiger partial charge in [0.1, 0.15) is 11.6 Å². The molecule has 2 aromatic rings. The zero-order valence-electron chi connectivity index (χ0n) is 14.4. The fourth-order valence-electron chi connectivity index (χ4n) is 3.19. The Kier molecular flexibility index (Phi) is 4.69. The lowest BCUT2D eigenvalue weighted by molar-refractivity contribution is 0.0948. The third kappa shape index (κ3) is 3.20. The van der Waals surface area contributed by atoms with E-state index in [-0.39, 0.29) is 5.91 Å². The normalized spacial score (nSPS) is 12.6. The van der Waals surface area contributed by atoms with Crippen molar-refractivity contribution >= 4 is 11.7 Å². The van der Waals surface area contributed by atoms with E-state index in [1.807, 2.05) is 43.3 Å². The van der Waals surface area contributed by atoms with E-state index in [9.17, 15) is 4.79 Å². The van der Waals surface area contributed by atoms with Crippen LogP contribution in [-0.2, 0) is 19.4 Å². The smallest absolute Gasteiger partial charge is 0.255 e. The number of ether oxygens (including phenoxy) is 1. The molecule has 1 aliphatic rings. The van der Waals surface area contributed by atoms with E-state index in [0.29, 0.717) is 17.9 Å². The summed E-state index contributed by atoms with van der Waals surface area (Å²) in [5.74, 6) is 1.39. The molecule has 0 saturated carbocycles. The Morgan fingerprint density at radius 2 is 2.04 bits per heavy atom. The van der Waals surface area contributed by atoms with Gasteiger partial charge in [0.25, 0.3) is 5.91 Å². The number of nitrogens with zero attached hydrogens (tertiary/aromatic N) is 2. The van der Waals surface area contributed by atoms with Crippen molar-refractivity contribution in [2.45, 2.75) is 25.8 Å². The average molecular weight is 325 g/mol. The number of carbonyl (C=O) groups excluding carboxylic acids is 1. The van der Waals surface area contributed by atoms with Gasteiger partial charge in [0.2, 0.25) is 0 Å². The average Bonchev–Trinajstić information content (AvgIpc) is 3.06. The van der Waals surface area contributed by atoms with Gasteiger partial charge in [-0.05, 0) is 48.6 Å². The predicted octanol–water partition coefficient (Wildman–Crippen LogP) is 2.57. The number of fused-ring (bicyclic) bond motifs is 1. The minimum atomic E-state index is -0.116. The molecule has 0 atom stereocenters. The van der Waals surface area contributed by atoms with Crippen molar-refractivity contribution in [2.75, 3.05) is 26.1 Å². The Morgan fingerprint density at radius 3 is 2.75 bits per heavy atom. The van der Waals surface area contributed by atoms with Gasteiger partial charge in [-0.2, -0.15) is 0 Å². The molecule has 1 aromatic carbocycles. The Morgan fingerprint density at radius 1 is 1.29 bits per heavy atom. The highest BCUT2D eigenvalue weighted by Crippen LogP contribution is 2.30. The molecule has 0 aliphatic heterocycles. The Labute approximate surface area is 142 Å². The number of benzene rings is 1. The van der Waals surface area contributed by atoms with Crippen molar-refractivity contribution in [3.8, 4) is 5.75 Å². The van der Waals surface area contributed by atoms with Crippen LogP contribution in [0.25, 0.3) is 0 Å². The fraction of sp³-hybridized carbons (Fsp3) is 0.368. The molecule has 0 spiro atoms. The number of hydrogen-bond donors (Lipinski definition) is 1. The summed E-state index contributed by atoms with van der Waals surface area (Å²) >= 11 is 0. The third-order valence-corrected chi connectivity index (χ3v) is 4.39. The van der Waals surface area contributed by atoms with Crippen LogP contribution in [0.1, 0.15) is 33.5 Å². The van der Waals surface area contributed by atoms with Crippen LogP contribution < -0.4 is 15.0 Å². The van der Waals surface area contributed by atoms with Gasteiger partial charge in [-0.15, -0.1) is 0 Å². The molecule has 0 bridgehead atoms. The Balaban J connectivity index is 1.79. The molecule has 1 aliphatic carbocycles. The molecule has 3 rings (SSSR count). The lowest BCUT2D eigenvalue weighted by Gasteiger charge is -2.17. The van der Waals surface area contributed by atoms with Crippen molar-refractivity contribution in [3.63, 3.8) is 0 Å². The van der Waals surface area contributed by atoms with Gasteiger partial charge in [0.05, 0.1) is 12.7 Å². The van der Waals surface area contributed by atoms with Crippen molar-refractivity contribution in [1.29, 1.82) is 0 Å². The standard InChI is InChI=1S/C19H23N3O2/c1-22(2)18-15(8-5-9-20-18)12-21-19(23)16-10-13-6-4-7-14(13)11-17(16)24-3/h5,8-11H,4,6-7,12H2,1-3H3,(H,21,23). The van der Waals surface area contributed by atoms with Gasteiger partial charge < -0.3 is 15.0 Å². The summed E-state index contributed by atoms with van der Waals surface area (Å²) in [4.78, 5) is 19.0. The first-order valence-electron chi connectivity index (χ1n) is 8.19. The zero-order valence-corrected chi connectivity index (χ0v) is 14.4. The SMILES string of the molecule is COc1cc2c(cc1C(=O)NCc1cccnc1N(C)C)CCC2. The van der Waals surface area contributed by atoms with Crippen molar-refractivity contribution in [1.82, 2.24) is 10.3 Å². The first-order chi connectivity index (χ1) is 11.6. The number of aryl methyl sites for hydroxylation is 2. The zero-order chi connectivity index (χ0) is 17.1. The molecule has 0 fully saturated rings. The topological polar surface area (TPSA) is 54.5 Å². The van der Waals surface area contributed by atoms with Gasteiger partial charge in [-0.25, -0.2) is 4.98 Å². The van der Waals surface area contributed by atoms with Crippen LogP contribution in [0.2, 0.25) is 0 Å². The highest BCUT2D eigenvalue weighted by atomic mass is 16.5. The van der Waals surface area contributed by atoms with Gasteiger partial charge in [0, 0.05) is 32.4 Å². The van der Waals surface area contributed by atoms with Crippen molar-refractivity contribution in [2.24, 2.45) is 0 Å². The fourth-order valence-corrected chi connectivity index (χ4v) is 3.19. The molecular formula is C19H23N3O2. The Bertz CT molecular complexity index is 756. The van der Waals surface area contributed by atoms with Gasteiger partial charge in [-0.3, -0.25) is 4.79 Å². The van der Waals surface area contributed by atoms with Crippen LogP contribution in [0, 0.1) is 0 Å². The number of methoxy groups -OCH3 is 1. The second-order valence-corrected chi connectivity index (χ2v) is 6.24. The second-order valence-electron chi connectivity index (χ2n) is 6.24. The molecule has 0 saturated heterocycles. The maximum Gasteiger partial charge on any atom is 0.255 e. The number of anilines is 1. The predicted molar refractivity (Wildman–Crippen MR) is 94.8 cm³/mol. The lowest BCUT2D eigenvalue weighted by Crippen LogP contribution is -2.25. The molecule has 24 heavy (non-hydrogen) atoms. The van der Waals surface area contributed by atoms with Gasteiger partial charge >= 0.3 is 0 Å². The highest BCUT2D eigenvalue weighted by Gasteiger charge is 2.19. The van der Waals surface area contributed by atoms with E-state index >= 15 is 0 Å². The maximum absolute atomic E-state index is 12.7. The number of amides is 1. The summed E-state index contributed by atoms with van der Waals surface area (Å²) in [5.41, 5.74) is 4.14. The highest BCUT2D eigenvalue weighted by molar-refractivity contribution is 5.97. The Hall–Kier alpha value is -2.56. The molecule has 1 amide bonds. The van der Waals surface area contributed by atoms with Crippen LogP contribution in [0.15, 0.2) is 30.5 Å². The monoisotopic (exact) mass is 325 g/mol. The van der Waals surface area contributed by atoms with Crippen LogP contribution in [0.4, 0.5) is 5.82 Å². The second kappa shape index (κ2) is 6.91. The van der Waals surface area contributed by atoms with E-state index in [1.165, 1.54) is 11.1 Å². The number of aromatic nitrogens is 1. The summed E-state index contributed by atoms with van der Waals surface area (Å²) in [5, 5.41) is 2.99. The summed E-state index contributed by atoms with van der Waals surface area (Å²) in [6, 6.07) is 7.84. The van der Waals surface area contributed by atoms with Crippen LogP contribution in [-0.4, -0.2) is 32.1 Å². The summed E-state index contributed by atoms with van der Waals surface area (Å²) < 4.78 is 5.42. The van der Waals surface area contributed by atoms with E-state index in [4.69, 9.17) is 4.74 Å². The van der Waals surface area contributed by atoms with Gasteiger partial charge in [0.15, 0.2) is 0 Å². The largest absolute Gasteiger partial charge is 0.496 e. The summed E-state index contributed by atoms with van der Waals surface area (Å²) in [7, 11) is 5.49. The first-order valence-corrected chi connectivity index (χ1v) is 8.19. The lowest BCUT2D eigenvalue weighted by atomic mass is 10.0. The molecular weight excluding hydrogens is 302 g/mol. The first kappa shape index (κ1) is 16.3. The van der Waals surface area contributed by atoms with Crippen molar-refractivity contribution < 1.29 is 9.53 Å². The quantitative estimate of drug-likeness (QED) is 0.918. The number of carbonyl (C=O) groups is 1. The minimum Gasteiger partial charge on any atom is -0.496 e. The van der Waals surface area contributed by atoms with Crippen LogP contribution >= 0.6 is 0 Å². The molecule has 5 heteroatoms. The molecule has 126 valence electrons. The number of hydrogen-bond acceptors (Lipinski definition) is 4.